The van der Waals surface area contributed by atoms with Crippen LogP contribution in [0.3, 0.4) is 0 Å². The van der Waals surface area contributed by atoms with Gasteiger partial charge in [0.25, 0.3) is 5.91 Å². The van der Waals surface area contributed by atoms with Crippen molar-refractivity contribution in [2.75, 3.05) is 5.32 Å². The van der Waals surface area contributed by atoms with Crippen molar-refractivity contribution >= 4 is 23.3 Å². The number of anilines is 1. The molecule has 2 N–H and O–H groups in total. The molecule has 0 aliphatic heterocycles. The second-order valence-corrected chi connectivity index (χ2v) is 5.59. The highest BCUT2D eigenvalue weighted by Crippen LogP contribution is 2.16. The lowest BCUT2D eigenvalue weighted by molar-refractivity contribution is -0.254. The number of carboxylic acid groups (broad SMARTS) is 1. The summed E-state index contributed by atoms with van der Waals surface area (Å²) in [6.07, 6.45) is 0.118. The van der Waals surface area contributed by atoms with Crippen molar-refractivity contribution < 1.29 is 23.9 Å². The van der Waals surface area contributed by atoms with Crippen LogP contribution in [-0.2, 0) is 0 Å². The number of amides is 1. The van der Waals surface area contributed by atoms with Gasteiger partial charge in [-0.2, -0.15) is 0 Å². The molecule has 0 aliphatic carbocycles. The average Bonchev–Trinajstić information content (AvgIpc) is 3.23. The third-order valence-electron chi connectivity index (χ3n) is 3.79. The molecule has 0 bridgehead atoms. The number of hydrogen-bond acceptors (Lipinski definition) is 6. The zero-order valence-corrected chi connectivity index (χ0v) is 14.0. The first-order chi connectivity index (χ1) is 13.1. The predicted molar refractivity (Wildman–Crippen MR) is 95.1 cm³/mol. The van der Waals surface area contributed by atoms with Gasteiger partial charge in [0.1, 0.15) is 0 Å². The van der Waals surface area contributed by atoms with Gasteiger partial charge in [0.2, 0.25) is 5.78 Å². The predicted octanol–water partition coefficient (Wildman–Crippen LogP) is 1.69. The summed E-state index contributed by atoms with van der Waals surface area (Å²) in [5.74, 6) is -2.44. The number of Topliss-reactive ketones (excluding diaryl/α,β-unsaturated/α-hetero) is 1. The van der Waals surface area contributed by atoms with E-state index >= 15 is 0 Å². The first-order valence-electron chi connectivity index (χ1n) is 8.07. The molecule has 27 heavy (non-hydrogen) atoms. The highest BCUT2D eigenvalue weighted by molar-refractivity contribution is 6.05. The maximum absolute atomic E-state index is 12.9. The number of aromatic carboxylic acids is 1. The molecule has 0 radical (unpaired) electrons. The number of carbonyl (C=O) groups excluding carboxylic acids is 3. The monoisotopic (exact) mass is 363 g/mol. The molecule has 3 aromatic rings. The Morgan fingerprint density at radius 3 is 2.26 bits per heavy atom. The summed E-state index contributed by atoms with van der Waals surface area (Å²) in [7, 11) is 0. The number of hydrogen-bond donors (Lipinski definition) is 2. The molecular formula is C20H15N2O5-. The lowest BCUT2D eigenvalue weighted by Gasteiger charge is -2.22. The number of nitrogens with one attached hydrogen (secondary N) is 2. The summed E-state index contributed by atoms with van der Waals surface area (Å²) in [4.78, 5) is 36.5. The molecule has 0 spiro atoms. The van der Waals surface area contributed by atoms with Gasteiger partial charge in [0.05, 0.1) is 12.2 Å². The SMILES string of the molecule is O=C(N[C@@H](Nc1ccccc1C(=O)[O-])C(=O)c1ccccc1)c1ccco1. The molecule has 3 rings (SSSR count). The van der Waals surface area contributed by atoms with E-state index in [0.29, 0.717) is 5.56 Å². The quantitative estimate of drug-likeness (QED) is 0.488. The van der Waals surface area contributed by atoms with Crippen molar-refractivity contribution in [1.29, 1.82) is 0 Å². The summed E-state index contributed by atoms with van der Waals surface area (Å²) >= 11 is 0. The van der Waals surface area contributed by atoms with E-state index in [9.17, 15) is 19.5 Å². The fraction of sp³-hybridized carbons (Fsp3) is 0.0500. The lowest BCUT2D eigenvalue weighted by Crippen LogP contribution is -2.46. The molecule has 7 nitrogen and oxygen atoms in total. The van der Waals surface area contributed by atoms with Gasteiger partial charge in [-0.3, -0.25) is 9.59 Å². The van der Waals surface area contributed by atoms with Crippen LogP contribution in [0, 0.1) is 0 Å². The molecule has 136 valence electrons. The van der Waals surface area contributed by atoms with Gasteiger partial charge in [0.15, 0.2) is 11.9 Å². The number of carbonyl (C=O) groups is 3. The average molecular weight is 363 g/mol. The van der Waals surface area contributed by atoms with Crippen molar-refractivity contribution in [3.63, 3.8) is 0 Å². The van der Waals surface area contributed by atoms with Crippen LogP contribution >= 0.6 is 0 Å². The fourth-order valence-electron chi connectivity index (χ4n) is 2.49. The number of ketones is 1. The molecule has 1 heterocycles. The summed E-state index contributed by atoms with van der Waals surface area (Å²) in [6.45, 7) is 0. The molecule has 1 aromatic heterocycles. The molecule has 0 saturated heterocycles. The maximum atomic E-state index is 12.9. The Bertz CT molecular complexity index is 952. The van der Waals surface area contributed by atoms with Gasteiger partial charge < -0.3 is 25.0 Å². The Kier molecular flexibility index (Phi) is 5.32. The minimum atomic E-state index is -1.40. The van der Waals surface area contributed by atoms with Gasteiger partial charge in [-0.25, -0.2) is 0 Å². The highest BCUT2D eigenvalue weighted by atomic mass is 16.4. The van der Waals surface area contributed by atoms with E-state index in [4.69, 9.17) is 4.42 Å². The molecule has 0 aliphatic rings. The lowest BCUT2D eigenvalue weighted by atomic mass is 10.1. The van der Waals surface area contributed by atoms with Crippen LogP contribution in [0.15, 0.2) is 77.4 Å². The molecular weight excluding hydrogens is 348 g/mol. The van der Waals surface area contributed by atoms with Crippen molar-refractivity contribution in [2.45, 2.75) is 6.17 Å². The Morgan fingerprint density at radius 2 is 1.59 bits per heavy atom. The Hall–Kier alpha value is -3.87. The molecule has 0 unspecified atom stereocenters. The van der Waals surface area contributed by atoms with Gasteiger partial charge in [-0.1, -0.05) is 48.5 Å². The van der Waals surface area contributed by atoms with E-state index in [1.54, 1.807) is 42.5 Å². The van der Waals surface area contributed by atoms with Crippen molar-refractivity contribution in [1.82, 2.24) is 5.32 Å². The van der Waals surface area contributed by atoms with E-state index in [-0.39, 0.29) is 17.0 Å². The van der Waals surface area contributed by atoms with Gasteiger partial charge in [-0.15, -0.1) is 0 Å². The second kappa shape index (κ2) is 8.01. The van der Waals surface area contributed by atoms with E-state index in [1.165, 1.54) is 30.5 Å². The van der Waals surface area contributed by atoms with Crippen LogP contribution in [0.2, 0.25) is 0 Å². The number of para-hydroxylation sites is 1. The summed E-state index contributed by atoms with van der Waals surface area (Å²) in [6, 6.07) is 17.3. The zero-order chi connectivity index (χ0) is 19.2. The largest absolute Gasteiger partial charge is 0.545 e. The smallest absolute Gasteiger partial charge is 0.288 e. The van der Waals surface area contributed by atoms with E-state index in [0.717, 1.165) is 0 Å². The molecule has 1 amide bonds. The van der Waals surface area contributed by atoms with Crippen molar-refractivity contribution in [3.05, 3.63) is 89.9 Å². The maximum Gasteiger partial charge on any atom is 0.288 e. The highest BCUT2D eigenvalue weighted by Gasteiger charge is 2.24. The molecule has 1 atom stereocenters. The van der Waals surface area contributed by atoms with Crippen LogP contribution in [0.25, 0.3) is 0 Å². The van der Waals surface area contributed by atoms with Crippen LogP contribution in [0.1, 0.15) is 31.3 Å². The van der Waals surface area contributed by atoms with Crippen LogP contribution in [0.4, 0.5) is 5.69 Å². The first-order valence-corrected chi connectivity index (χ1v) is 8.07. The van der Waals surface area contributed by atoms with Crippen molar-refractivity contribution in [3.8, 4) is 0 Å². The minimum absolute atomic E-state index is 0.0239. The van der Waals surface area contributed by atoms with E-state index < -0.39 is 23.8 Å². The number of benzene rings is 2. The van der Waals surface area contributed by atoms with Crippen LogP contribution in [-0.4, -0.2) is 23.8 Å². The van der Waals surface area contributed by atoms with Crippen LogP contribution < -0.4 is 15.7 Å². The van der Waals surface area contributed by atoms with Gasteiger partial charge in [0, 0.05) is 16.8 Å². The van der Waals surface area contributed by atoms with E-state index in [1.807, 2.05) is 0 Å². The number of furan rings is 1. The Labute approximate surface area is 154 Å². The fourth-order valence-corrected chi connectivity index (χ4v) is 2.49. The minimum Gasteiger partial charge on any atom is -0.545 e. The van der Waals surface area contributed by atoms with E-state index in [2.05, 4.69) is 10.6 Å². The summed E-state index contributed by atoms with van der Waals surface area (Å²) in [5.41, 5.74) is 0.364. The van der Waals surface area contributed by atoms with Gasteiger partial charge >= 0.3 is 0 Å². The third-order valence-corrected chi connectivity index (χ3v) is 3.79. The standard InChI is InChI=1S/C20H16N2O5/c23-17(13-7-2-1-3-8-13)18(22-19(24)16-11-6-12-27-16)21-15-10-5-4-9-14(15)20(25)26/h1-12,18,21H,(H,22,24)(H,25,26)/p-1/t18-/m1/s1. The Balaban J connectivity index is 1.91. The number of rotatable bonds is 7. The molecule has 0 fully saturated rings. The summed E-state index contributed by atoms with van der Waals surface area (Å²) < 4.78 is 5.04. The van der Waals surface area contributed by atoms with Gasteiger partial charge in [-0.05, 0) is 18.2 Å². The third kappa shape index (κ3) is 4.21. The first kappa shape index (κ1) is 17.9. The zero-order valence-electron chi connectivity index (χ0n) is 14.0. The second-order valence-electron chi connectivity index (χ2n) is 5.59. The topological polar surface area (TPSA) is 111 Å². The van der Waals surface area contributed by atoms with Crippen LogP contribution in [0.5, 0.6) is 0 Å². The molecule has 7 heteroatoms. The summed E-state index contributed by atoms with van der Waals surface area (Å²) in [5, 5.41) is 16.6. The molecule has 2 aromatic carbocycles. The normalized spacial score (nSPS) is 11.4. The van der Waals surface area contributed by atoms with Crippen molar-refractivity contribution in [2.24, 2.45) is 0 Å². The Morgan fingerprint density at radius 1 is 0.889 bits per heavy atom. The molecule has 0 saturated carbocycles. The number of carboxylic acids is 1.